The summed E-state index contributed by atoms with van der Waals surface area (Å²) in [5.41, 5.74) is 2.40. The van der Waals surface area contributed by atoms with Gasteiger partial charge in [0.1, 0.15) is 18.3 Å². The van der Waals surface area contributed by atoms with Crippen LogP contribution in [0.4, 0.5) is 0 Å². The predicted octanol–water partition coefficient (Wildman–Crippen LogP) is 1.52. The third kappa shape index (κ3) is 2.23. The molecule has 4 heterocycles. The smallest absolute Gasteiger partial charge is 0.258 e. The number of nitrogens with zero attached hydrogens (tertiary/aromatic N) is 2. The summed E-state index contributed by atoms with van der Waals surface area (Å²) < 4.78 is 1.61. The second-order valence-electron chi connectivity index (χ2n) is 5.50. The van der Waals surface area contributed by atoms with Crippen molar-refractivity contribution in [1.82, 2.24) is 9.38 Å². The summed E-state index contributed by atoms with van der Waals surface area (Å²) in [4.78, 5) is 20.5. The van der Waals surface area contributed by atoms with E-state index in [1.54, 1.807) is 16.7 Å². The van der Waals surface area contributed by atoms with Gasteiger partial charge in [-0.15, -0.1) is 22.7 Å². The van der Waals surface area contributed by atoms with Crippen LogP contribution < -0.4 is 10.5 Å². The van der Waals surface area contributed by atoms with E-state index in [1.165, 1.54) is 26.7 Å². The van der Waals surface area contributed by atoms with Crippen LogP contribution in [0.2, 0.25) is 0 Å². The second-order valence-corrected chi connectivity index (χ2v) is 7.37. The zero-order valence-electron chi connectivity index (χ0n) is 11.7. The van der Waals surface area contributed by atoms with Gasteiger partial charge in [-0.1, -0.05) is 0 Å². The highest BCUT2D eigenvalue weighted by Gasteiger charge is 2.28. The molecule has 1 aliphatic heterocycles. The van der Waals surface area contributed by atoms with Gasteiger partial charge in [-0.2, -0.15) is 0 Å². The number of aromatic nitrogens is 2. The molecule has 2 atom stereocenters. The molecule has 0 saturated heterocycles. The fourth-order valence-electron chi connectivity index (χ4n) is 3.10. The van der Waals surface area contributed by atoms with Gasteiger partial charge in [0.2, 0.25) is 0 Å². The predicted molar refractivity (Wildman–Crippen MR) is 85.3 cm³/mol. The number of fused-ring (bicyclic) bond motifs is 2. The van der Waals surface area contributed by atoms with Crippen LogP contribution in [0.3, 0.4) is 0 Å². The van der Waals surface area contributed by atoms with Crippen LogP contribution in [0.25, 0.3) is 4.96 Å². The van der Waals surface area contributed by atoms with Gasteiger partial charge in [-0.05, 0) is 18.4 Å². The average Bonchev–Trinajstić information content (AvgIpc) is 3.10. The van der Waals surface area contributed by atoms with E-state index < -0.39 is 0 Å². The van der Waals surface area contributed by atoms with Crippen molar-refractivity contribution in [1.29, 1.82) is 0 Å². The molecule has 21 heavy (non-hydrogen) atoms. The normalized spacial score (nSPS) is 21.6. The molecule has 0 bridgehead atoms. The Morgan fingerprint density at radius 3 is 3.24 bits per heavy atom. The Morgan fingerprint density at radius 1 is 1.43 bits per heavy atom. The van der Waals surface area contributed by atoms with E-state index in [4.69, 9.17) is 0 Å². The van der Waals surface area contributed by atoms with E-state index in [0.29, 0.717) is 6.04 Å². The summed E-state index contributed by atoms with van der Waals surface area (Å²) in [5.74, 6) is 0. The Bertz CT molecular complexity index is 848. The third-order valence-electron chi connectivity index (χ3n) is 4.30. The Morgan fingerprint density at radius 2 is 2.33 bits per heavy atom. The molecule has 4 nitrogen and oxygen atoms in total. The number of thiazole rings is 1. The van der Waals surface area contributed by atoms with Gasteiger partial charge < -0.3 is 4.90 Å². The van der Waals surface area contributed by atoms with Crippen molar-refractivity contribution in [2.75, 3.05) is 6.54 Å². The van der Waals surface area contributed by atoms with Gasteiger partial charge in [0.15, 0.2) is 4.96 Å². The van der Waals surface area contributed by atoms with Crippen LogP contribution in [0.5, 0.6) is 0 Å². The first kappa shape index (κ1) is 13.2. The lowest BCUT2D eigenvalue weighted by atomic mass is 10.0. The van der Waals surface area contributed by atoms with Gasteiger partial charge in [0.05, 0.1) is 6.54 Å². The number of nitrogens with one attached hydrogen (secondary N) is 1. The van der Waals surface area contributed by atoms with E-state index in [9.17, 15) is 4.79 Å². The van der Waals surface area contributed by atoms with E-state index >= 15 is 0 Å². The third-order valence-corrected chi connectivity index (χ3v) is 6.05. The van der Waals surface area contributed by atoms with Crippen LogP contribution >= 0.6 is 22.7 Å². The van der Waals surface area contributed by atoms with Crippen LogP contribution in [0.1, 0.15) is 29.1 Å². The molecule has 6 heteroatoms. The van der Waals surface area contributed by atoms with Crippen LogP contribution in [0, 0.1) is 0 Å². The van der Waals surface area contributed by atoms with Gasteiger partial charge in [0.25, 0.3) is 5.56 Å². The van der Waals surface area contributed by atoms with Gasteiger partial charge in [0, 0.05) is 34.5 Å². The minimum atomic E-state index is 0.0246. The van der Waals surface area contributed by atoms with Crippen molar-refractivity contribution in [2.45, 2.75) is 25.9 Å². The van der Waals surface area contributed by atoms with Crippen molar-refractivity contribution >= 4 is 27.6 Å². The maximum atomic E-state index is 12.1. The first-order valence-electron chi connectivity index (χ1n) is 7.09. The zero-order chi connectivity index (χ0) is 14.4. The van der Waals surface area contributed by atoms with E-state index in [-0.39, 0.29) is 5.56 Å². The minimum Gasteiger partial charge on any atom is -0.324 e. The number of hydrogen-bond acceptors (Lipinski definition) is 4. The fraction of sp³-hybridized carbons (Fsp3) is 0.333. The largest absolute Gasteiger partial charge is 0.324 e. The van der Waals surface area contributed by atoms with Gasteiger partial charge >= 0.3 is 0 Å². The SMILES string of the molecule is C[C@H]1c2ccsc2CC[NH+]1Cc1cc(=O)n2ccsc2n1. The molecular weight excluding hydrogens is 302 g/mol. The van der Waals surface area contributed by atoms with Crippen molar-refractivity contribution in [3.63, 3.8) is 0 Å². The summed E-state index contributed by atoms with van der Waals surface area (Å²) >= 11 is 3.37. The van der Waals surface area contributed by atoms with Crippen molar-refractivity contribution in [3.8, 4) is 0 Å². The maximum absolute atomic E-state index is 12.1. The lowest BCUT2D eigenvalue weighted by molar-refractivity contribution is -0.945. The van der Waals surface area contributed by atoms with Gasteiger partial charge in [-0.3, -0.25) is 9.20 Å². The van der Waals surface area contributed by atoms with Gasteiger partial charge in [-0.25, -0.2) is 4.98 Å². The molecule has 1 aliphatic rings. The first-order valence-corrected chi connectivity index (χ1v) is 8.85. The Hall–Kier alpha value is -1.50. The molecule has 1 unspecified atom stereocenters. The van der Waals surface area contributed by atoms with Crippen LogP contribution in [-0.2, 0) is 13.0 Å². The van der Waals surface area contributed by atoms with Crippen LogP contribution in [-0.4, -0.2) is 15.9 Å². The van der Waals surface area contributed by atoms with E-state index in [2.05, 4.69) is 23.4 Å². The summed E-state index contributed by atoms with van der Waals surface area (Å²) in [6, 6.07) is 4.40. The molecule has 4 rings (SSSR count). The van der Waals surface area contributed by atoms with Crippen LogP contribution in [0.15, 0.2) is 33.9 Å². The summed E-state index contributed by atoms with van der Waals surface area (Å²) in [5, 5.41) is 4.09. The first-order chi connectivity index (χ1) is 10.2. The summed E-state index contributed by atoms with van der Waals surface area (Å²) in [7, 11) is 0. The highest BCUT2D eigenvalue weighted by molar-refractivity contribution is 7.15. The zero-order valence-corrected chi connectivity index (χ0v) is 13.3. The molecule has 108 valence electrons. The topological polar surface area (TPSA) is 38.8 Å². The summed E-state index contributed by atoms with van der Waals surface area (Å²) in [6.45, 7) is 4.21. The number of hydrogen-bond donors (Lipinski definition) is 1. The molecule has 1 N–H and O–H groups in total. The minimum absolute atomic E-state index is 0.0246. The molecule has 0 fully saturated rings. The molecule has 0 aromatic carbocycles. The van der Waals surface area contributed by atoms with Crippen molar-refractivity contribution < 1.29 is 4.90 Å². The monoisotopic (exact) mass is 318 g/mol. The molecule has 0 amide bonds. The average molecular weight is 318 g/mol. The Balaban J connectivity index is 1.64. The lowest BCUT2D eigenvalue weighted by Crippen LogP contribution is -3.11. The molecule has 0 aliphatic carbocycles. The number of rotatable bonds is 2. The molecular formula is C15H16N3OS2+. The maximum Gasteiger partial charge on any atom is 0.258 e. The number of thiophene rings is 1. The standard InChI is InChI=1S/C15H15N3OS2/c1-10-12-3-6-20-13(12)2-4-17(10)9-11-8-14(19)18-5-7-21-15(18)16-11/h3,5-8,10H,2,4,9H2,1H3/p+1/t10-/m0/s1. The molecule has 3 aromatic rings. The molecule has 0 radical (unpaired) electrons. The molecule has 3 aromatic heterocycles. The quantitative estimate of drug-likeness (QED) is 0.778. The molecule has 0 spiro atoms. The fourth-order valence-corrected chi connectivity index (χ4v) is 4.82. The Kier molecular flexibility index (Phi) is 3.17. The van der Waals surface area contributed by atoms with E-state index in [0.717, 1.165) is 30.2 Å². The highest BCUT2D eigenvalue weighted by Crippen LogP contribution is 2.24. The van der Waals surface area contributed by atoms with Crippen molar-refractivity contribution in [3.05, 3.63) is 55.6 Å². The van der Waals surface area contributed by atoms with Crippen molar-refractivity contribution in [2.24, 2.45) is 0 Å². The van der Waals surface area contributed by atoms with E-state index in [1.807, 2.05) is 16.7 Å². The number of quaternary nitrogens is 1. The Labute approximate surface area is 130 Å². The summed E-state index contributed by atoms with van der Waals surface area (Å²) in [6.07, 6.45) is 2.92. The second kappa shape index (κ2) is 5.05. The molecule has 0 saturated carbocycles. The highest BCUT2D eigenvalue weighted by atomic mass is 32.1. The lowest BCUT2D eigenvalue weighted by Gasteiger charge is -2.30.